The Kier molecular flexibility index (Phi) is 5.91. The molecule has 0 fully saturated rings. The Morgan fingerprint density at radius 1 is 0.794 bits per heavy atom. The first-order valence-corrected chi connectivity index (χ1v) is 11.5. The zero-order valence-electron chi connectivity index (χ0n) is 18.3. The lowest BCUT2D eigenvalue weighted by molar-refractivity contribution is -0.143. The summed E-state index contributed by atoms with van der Waals surface area (Å²) >= 11 is 6.51. The average Bonchev–Trinajstić information content (AvgIpc) is 2.88. The molecule has 0 aliphatic carbocycles. The third kappa shape index (κ3) is 4.09. The molecule has 0 saturated heterocycles. The van der Waals surface area contributed by atoms with Gasteiger partial charge < -0.3 is 10.0 Å². The first kappa shape index (κ1) is 21.9. The largest absolute Gasteiger partial charge is 0.479 e. The van der Waals surface area contributed by atoms with E-state index in [0.29, 0.717) is 29.1 Å². The Balaban J connectivity index is 1.47. The summed E-state index contributed by atoms with van der Waals surface area (Å²) in [5.74, 6) is -1.35. The highest BCUT2D eigenvalue weighted by Crippen LogP contribution is 2.34. The number of nitrogens with zero attached hydrogens (tertiary/aromatic N) is 1. The van der Waals surface area contributed by atoms with Crippen LogP contribution in [0.25, 0.3) is 22.3 Å². The van der Waals surface area contributed by atoms with Crippen molar-refractivity contribution in [3.63, 3.8) is 0 Å². The predicted octanol–water partition coefficient (Wildman–Crippen LogP) is 6.50. The number of halogens is 1. The van der Waals surface area contributed by atoms with Gasteiger partial charge in [-0.3, -0.25) is 4.79 Å². The van der Waals surface area contributed by atoms with Crippen molar-refractivity contribution in [2.45, 2.75) is 12.5 Å². The number of carbonyl (C=O) groups is 2. The van der Waals surface area contributed by atoms with Crippen LogP contribution in [0.3, 0.4) is 0 Å². The van der Waals surface area contributed by atoms with Gasteiger partial charge in [0.1, 0.15) is 0 Å². The molecule has 5 rings (SSSR count). The maximum absolute atomic E-state index is 13.5. The third-order valence-electron chi connectivity index (χ3n) is 6.29. The van der Waals surface area contributed by atoms with Crippen LogP contribution in [0.1, 0.15) is 27.5 Å². The van der Waals surface area contributed by atoms with E-state index in [9.17, 15) is 14.7 Å². The molecule has 168 valence electrons. The molecule has 0 aromatic heterocycles. The van der Waals surface area contributed by atoms with Crippen LogP contribution < -0.4 is 0 Å². The van der Waals surface area contributed by atoms with Crippen molar-refractivity contribution in [3.8, 4) is 22.3 Å². The highest BCUT2D eigenvalue weighted by Gasteiger charge is 2.36. The van der Waals surface area contributed by atoms with E-state index in [1.165, 1.54) is 4.90 Å². The molecule has 1 amide bonds. The maximum atomic E-state index is 13.5. The lowest BCUT2D eigenvalue weighted by Crippen LogP contribution is -2.43. The lowest BCUT2D eigenvalue weighted by atomic mass is 9.91. The van der Waals surface area contributed by atoms with Gasteiger partial charge in [-0.2, -0.15) is 0 Å². The van der Waals surface area contributed by atoms with Crippen LogP contribution in [0, 0.1) is 0 Å². The molecule has 1 heterocycles. The molecule has 0 bridgehead atoms. The number of hydrogen-bond acceptors (Lipinski definition) is 2. The summed E-state index contributed by atoms with van der Waals surface area (Å²) in [6.45, 7) is 0.344. The van der Waals surface area contributed by atoms with E-state index in [1.54, 1.807) is 24.3 Å². The number of carbonyl (C=O) groups excluding carboxylic acids is 1. The molecule has 1 aliphatic rings. The molecular formula is C29H22ClNO3. The van der Waals surface area contributed by atoms with Crippen LogP contribution in [-0.4, -0.2) is 28.4 Å². The summed E-state index contributed by atoms with van der Waals surface area (Å²) in [5, 5.41) is 10.5. The van der Waals surface area contributed by atoms with Gasteiger partial charge in [0.25, 0.3) is 5.91 Å². The van der Waals surface area contributed by atoms with E-state index >= 15 is 0 Å². The van der Waals surface area contributed by atoms with Crippen molar-refractivity contribution in [1.29, 1.82) is 0 Å². The van der Waals surface area contributed by atoms with Gasteiger partial charge in [-0.05, 0) is 52.4 Å². The number of carboxylic acid groups (broad SMARTS) is 1. The summed E-state index contributed by atoms with van der Waals surface area (Å²) < 4.78 is 0. The number of fused-ring (bicyclic) bond motifs is 1. The van der Waals surface area contributed by atoms with Crippen LogP contribution in [0.15, 0.2) is 97.1 Å². The standard InChI is InChI=1S/C29H22ClNO3/c30-26-15-14-23(18-25(26)22-12-10-20(11-13-22)19-6-2-1-3-7-19)28(32)31-17-16-21-8-4-5-9-24(21)27(31)29(33)34/h1-15,18,27H,16-17H2,(H,33,34). The lowest BCUT2D eigenvalue weighted by Gasteiger charge is -2.35. The van der Waals surface area contributed by atoms with Crippen molar-refractivity contribution in [2.24, 2.45) is 0 Å². The number of benzene rings is 4. The Morgan fingerprint density at radius 3 is 2.18 bits per heavy atom. The zero-order valence-corrected chi connectivity index (χ0v) is 19.1. The Hall–Kier alpha value is -3.89. The Labute approximate surface area is 203 Å². The van der Waals surface area contributed by atoms with Crippen molar-refractivity contribution >= 4 is 23.5 Å². The van der Waals surface area contributed by atoms with Gasteiger partial charge in [0.2, 0.25) is 0 Å². The van der Waals surface area contributed by atoms with Gasteiger partial charge in [0.05, 0.1) is 0 Å². The van der Waals surface area contributed by atoms with E-state index in [1.807, 2.05) is 60.7 Å². The fourth-order valence-electron chi connectivity index (χ4n) is 4.57. The monoisotopic (exact) mass is 467 g/mol. The Bertz CT molecular complexity index is 1370. The average molecular weight is 468 g/mol. The minimum absolute atomic E-state index is 0.319. The minimum Gasteiger partial charge on any atom is -0.479 e. The van der Waals surface area contributed by atoms with E-state index in [4.69, 9.17) is 11.6 Å². The van der Waals surface area contributed by atoms with Crippen molar-refractivity contribution < 1.29 is 14.7 Å². The van der Waals surface area contributed by atoms with Crippen LogP contribution in [0.4, 0.5) is 0 Å². The van der Waals surface area contributed by atoms with E-state index in [0.717, 1.165) is 27.8 Å². The first-order valence-electron chi connectivity index (χ1n) is 11.1. The van der Waals surface area contributed by atoms with Gasteiger partial charge in [0.15, 0.2) is 6.04 Å². The van der Waals surface area contributed by atoms with Gasteiger partial charge in [-0.15, -0.1) is 0 Å². The third-order valence-corrected chi connectivity index (χ3v) is 6.62. The second-order valence-corrected chi connectivity index (χ2v) is 8.73. The molecule has 0 saturated carbocycles. The molecule has 4 aromatic rings. The summed E-state index contributed by atoms with van der Waals surface area (Å²) in [6.07, 6.45) is 0.618. The van der Waals surface area contributed by atoms with Gasteiger partial charge >= 0.3 is 5.97 Å². The number of rotatable bonds is 4. The van der Waals surface area contributed by atoms with Gasteiger partial charge in [0, 0.05) is 22.7 Å². The molecule has 4 aromatic carbocycles. The fraction of sp³-hybridized carbons (Fsp3) is 0.103. The maximum Gasteiger partial charge on any atom is 0.331 e. The number of carboxylic acids is 1. The summed E-state index contributed by atoms with van der Waals surface area (Å²) in [7, 11) is 0. The molecule has 1 unspecified atom stereocenters. The summed E-state index contributed by atoms with van der Waals surface area (Å²) in [5.41, 5.74) is 5.87. The zero-order chi connectivity index (χ0) is 23.7. The highest BCUT2D eigenvalue weighted by molar-refractivity contribution is 6.33. The highest BCUT2D eigenvalue weighted by atomic mass is 35.5. The van der Waals surface area contributed by atoms with E-state index in [2.05, 4.69) is 12.1 Å². The summed E-state index contributed by atoms with van der Waals surface area (Å²) in [6, 6.07) is 29.6. The molecule has 1 aliphatic heterocycles. The van der Waals surface area contributed by atoms with Crippen LogP contribution in [0.5, 0.6) is 0 Å². The molecule has 1 atom stereocenters. The quantitative estimate of drug-likeness (QED) is 0.372. The number of amides is 1. The molecular weight excluding hydrogens is 446 g/mol. The van der Waals surface area contributed by atoms with Gasteiger partial charge in [-0.1, -0.05) is 90.5 Å². The minimum atomic E-state index is -1.04. The predicted molar refractivity (Wildman–Crippen MR) is 134 cm³/mol. The van der Waals surface area contributed by atoms with E-state index in [-0.39, 0.29) is 5.91 Å². The van der Waals surface area contributed by atoms with Crippen LogP contribution >= 0.6 is 11.6 Å². The first-order chi connectivity index (χ1) is 16.5. The number of hydrogen-bond donors (Lipinski definition) is 1. The smallest absolute Gasteiger partial charge is 0.331 e. The molecule has 1 N–H and O–H groups in total. The summed E-state index contributed by atoms with van der Waals surface area (Å²) in [4.78, 5) is 27.1. The SMILES string of the molecule is O=C(O)C1c2ccccc2CCN1C(=O)c1ccc(Cl)c(-c2ccc(-c3ccccc3)cc2)c1. The molecule has 4 nitrogen and oxygen atoms in total. The second-order valence-electron chi connectivity index (χ2n) is 8.33. The fourth-order valence-corrected chi connectivity index (χ4v) is 4.80. The molecule has 0 spiro atoms. The number of aliphatic carboxylic acids is 1. The van der Waals surface area contributed by atoms with Gasteiger partial charge in [-0.25, -0.2) is 4.79 Å². The normalized spacial score (nSPS) is 15.0. The Morgan fingerprint density at radius 2 is 1.44 bits per heavy atom. The van der Waals surface area contributed by atoms with Crippen LogP contribution in [0.2, 0.25) is 5.02 Å². The molecule has 34 heavy (non-hydrogen) atoms. The van der Waals surface area contributed by atoms with Crippen molar-refractivity contribution in [2.75, 3.05) is 6.54 Å². The van der Waals surface area contributed by atoms with Crippen molar-refractivity contribution in [3.05, 3.63) is 119 Å². The van der Waals surface area contributed by atoms with Crippen LogP contribution in [-0.2, 0) is 11.2 Å². The molecule has 5 heteroatoms. The van der Waals surface area contributed by atoms with E-state index < -0.39 is 12.0 Å². The van der Waals surface area contributed by atoms with Crippen molar-refractivity contribution in [1.82, 2.24) is 4.90 Å². The topological polar surface area (TPSA) is 57.6 Å². The second kappa shape index (κ2) is 9.16. The molecule has 0 radical (unpaired) electrons.